The van der Waals surface area contributed by atoms with Gasteiger partial charge >= 0.3 is 0 Å². The molecule has 0 bridgehead atoms. The Morgan fingerprint density at radius 2 is 1.86 bits per heavy atom. The summed E-state index contributed by atoms with van der Waals surface area (Å²) < 4.78 is 12.7. The van der Waals surface area contributed by atoms with Crippen molar-refractivity contribution in [1.29, 1.82) is 0 Å². The summed E-state index contributed by atoms with van der Waals surface area (Å²) in [5.41, 5.74) is 1.20. The molecule has 78 valence electrons. The Hall–Kier alpha value is -0.890. The van der Waals surface area contributed by atoms with E-state index in [1.165, 1.54) is 17.7 Å². The quantitative estimate of drug-likeness (QED) is 0.779. The average molecular weight is 195 g/mol. The molecular formula is C12H18FN. The highest BCUT2D eigenvalue weighted by Gasteiger charge is 2.15. The minimum Gasteiger partial charge on any atom is -0.317 e. The first-order valence-electron chi connectivity index (χ1n) is 5.11. The summed E-state index contributed by atoms with van der Waals surface area (Å²) in [6, 6.07) is 7.22. The van der Waals surface area contributed by atoms with E-state index < -0.39 is 0 Å². The third-order valence-electron chi connectivity index (χ3n) is 2.80. The number of benzene rings is 1. The molecule has 1 N–H and O–H groups in total. The lowest BCUT2D eigenvalue weighted by Gasteiger charge is -2.22. The Bertz CT molecular complexity index is 268. The van der Waals surface area contributed by atoms with Crippen molar-refractivity contribution in [3.63, 3.8) is 0 Å². The molecule has 0 saturated heterocycles. The maximum absolute atomic E-state index is 12.7. The number of rotatable bonds is 4. The summed E-state index contributed by atoms with van der Waals surface area (Å²) in [6.07, 6.45) is 1.06. The first-order valence-corrected chi connectivity index (χ1v) is 5.11. The molecule has 0 amide bonds. The number of nitrogens with one attached hydrogen (secondary N) is 1. The van der Waals surface area contributed by atoms with Gasteiger partial charge in [0.05, 0.1) is 0 Å². The fourth-order valence-corrected chi connectivity index (χ4v) is 1.79. The van der Waals surface area contributed by atoms with E-state index in [-0.39, 0.29) is 5.82 Å². The Morgan fingerprint density at radius 1 is 1.29 bits per heavy atom. The Kier molecular flexibility index (Phi) is 4.08. The Morgan fingerprint density at radius 3 is 2.29 bits per heavy atom. The summed E-state index contributed by atoms with van der Waals surface area (Å²) in [4.78, 5) is 0. The van der Waals surface area contributed by atoms with Gasteiger partial charge in [-0.05, 0) is 44.0 Å². The minimum atomic E-state index is -0.166. The normalized spacial score (nSPS) is 15.1. The molecule has 1 rings (SSSR count). The lowest BCUT2D eigenvalue weighted by Crippen LogP contribution is -2.28. The van der Waals surface area contributed by atoms with Gasteiger partial charge in [-0.15, -0.1) is 0 Å². The van der Waals surface area contributed by atoms with Crippen LogP contribution in [0.15, 0.2) is 24.3 Å². The maximum atomic E-state index is 12.7. The van der Waals surface area contributed by atoms with Crippen LogP contribution in [0.25, 0.3) is 0 Å². The van der Waals surface area contributed by atoms with Crippen molar-refractivity contribution < 1.29 is 4.39 Å². The molecule has 0 spiro atoms. The summed E-state index contributed by atoms with van der Waals surface area (Å²) in [6.45, 7) is 4.30. The van der Waals surface area contributed by atoms with Crippen LogP contribution >= 0.6 is 0 Å². The van der Waals surface area contributed by atoms with Crippen LogP contribution in [-0.2, 0) is 0 Å². The zero-order chi connectivity index (χ0) is 10.6. The fourth-order valence-electron chi connectivity index (χ4n) is 1.79. The molecule has 0 aromatic heterocycles. The van der Waals surface area contributed by atoms with E-state index in [2.05, 4.69) is 19.2 Å². The second-order valence-electron chi connectivity index (χ2n) is 3.64. The van der Waals surface area contributed by atoms with Gasteiger partial charge in [0, 0.05) is 6.04 Å². The first-order chi connectivity index (χ1) is 6.69. The number of likely N-dealkylation sites (N-methyl/N-ethyl adjacent to an activating group) is 1. The molecule has 1 nitrogen and oxygen atoms in total. The van der Waals surface area contributed by atoms with Gasteiger partial charge in [-0.25, -0.2) is 4.39 Å². The maximum Gasteiger partial charge on any atom is 0.123 e. The van der Waals surface area contributed by atoms with Gasteiger partial charge in [-0.2, -0.15) is 0 Å². The van der Waals surface area contributed by atoms with Crippen molar-refractivity contribution >= 4 is 0 Å². The van der Waals surface area contributed by atoms with E-state index in [9.17, 15) is 4.39 Å². The van der Waals surface area contributed by atoms with Gasteiger partial charge in [-0.1, -0.05) is 19.1 Å². The van der Waals surface area contributed by atoms with Crippen molar-refractivity contribution in [3.8, 4) is 0 Å². The SMILES string of the molecule is CCC(c1ccc(F)cc1)C(C)NC. The van der Waals surface area contributed by atoms with E-state index in [1.54, 1.807) is 0 Å². The minimum absolute atomic E-state index is 0.166. The summed E-state index contributed by atoms with van der Waals surface area (Å²) in [5, 5.41) is 3.24. The Balaban J connectivity index is 2.84. The lowest BCUT2D eigenvalue weighted by molar-refractivity contribution is 0.482. The lowest BCUT2D eigenvalue weighted by atomic mass is 9.90. The zero-order valence-electron chi connectivity index (χ0n) is 9.05. The molecule has 0 saturated carbocycles. The van der Waals surface area contributed by atoms with E-state index in [1.807, 2.05) is 19.2 Å². The Labute approximate surface area is 85.3 Å². The van der Waals surface area contributed by atoms with Crippen LogP contribution < -0.4 is 5.32 Å². The predicted octanol–water partition coefficient (Wildman–Crippen LogP) is 2.93. The van der Waals surface area contributed by atoms with Gasteiger partial charge in [-0.3, -0.25) is 0 Å². The van der Waals surface area contributed by atoms with Crippen molar-refractivity contribution in [1.82, 2.24) is 5.32 Å². The number of hydrogen-bond donors (Lipinski definition) is 1. The van der Waals surface area contributed by atoms with Crippen LogP contribution in [0.3, 0.4) is 0 Å². The molecular weight excluding hydrogens is 177 g/mol. The van der Waals surface area contributed by atoms with Gasteiger partial charge in [0.15, 0.2) is 0 Å². The second-order valence-corrected chi connectivity index (χ2v) is 3.64. The molecule has 0 fully saturated rings. The van der Waals surface area contributed by atoms with E-state index in [0.29, 0.717) is 12.0 Å². The van der Waals surface area contributed by atoms with Crippen LogP contribution in [0.4, 0.5) is 4.39 Å². The average Bonchev–Trinajstić information content (AvgIpc) is 2.21. The molecule has 0 heterocycles. The predicted molar refractivity (Wildman–Crippen MR) is 58.0 cm³/mol. The third-order valence-corrected chi connectivity index (χ3v) is 2.80. The van der Waals surface area contributed by atoms with Crippen LogP contribution in [0.1, 0.15) is 31.7 Å². The topological polar surface area (TPSA) is 12.0 Å². The van der Waals surface area contributed by atoms with Gasteiger partial charge in [0.1, 0.15) is 5.82 Å². The second kappa shape index (κ2) is 5.11. The molecule has 1 aromatic rings. The molecule has 0 aliphatic heterocycles. The van der Waals surface area contributed by atoms with Crippen LogP contribution in [0.5, 0.6) is 0 Å². The highest BCUT2D eigenvalue weighted by Crippen LogP contribution is 2.23. The summed E-state index contributed by atoms with van der Waals surface area (Å²) >= 11 is 0. The van der Waals surface area contributed by atoms with Crippen LogP contribution in [0.2, 0.25) is 0 Å². The van der Waals surface area contributed by atoms with Crippen molar-refractivity contribution in [2.75, 3.05) is 7.05 Å². The standard InChI is InChI=1S/C12H18FN/c1-4-12(9(2)14-3)10-5-7-11(13)8-6-10/h5-9,12,14H,4H2,1-3H3. The highest BCUT2D eigenvalue weighted by atomic mass is 19.1. The van der Waals surface area contributed by atoms with E-state index in [0.717, 1.165) is 6.42 Å². The molecule has 2 heteroatoms. The highest BCUT2D eigenvalue weighted by molar-refractivity contribution is 5.21. The molecule has 1 aromatic carbocycles. The van der Waals surface area contributed by atoms with Crippen molar-refractivity contribution in [2.24, 2.45) is 0 Å². The van der Waals surface area contributed by atoms with E-state index in [4.69, 9.17) is 0 Å². The summed E-state index contributed by atoms with van der Waals surface area (Å²) in [5.74, 6) is 0.293. The monoisotopic (exact) mass is 195 g/mol. The number of hydrogen-bond acceptors (Lipinski definition) is 1. The summed E-state index contributed by atoms with van der Waals surface area (Å²) in [7, 11) is 1.96. The number of halogens is 1. The van der Waals surface area contributed by atoms with E-state index >= 15 is 0 Å². The smallest absolute Gasteiger partial charge is 0.123 e. The first kappa shape index (κ1) is 11.2. The molecule has 0 aliphatic rings. The third kappa shape index (κ3) is 2.55. The molecule has 14 heavy (non-hydrogen) atoms. The molecule has 2 unspecified atom stereocenters. The van der Waals surface area contributed by atoms with Gasteiger partial charge in [0.25, 0.3) is 0 Å². The van der Waals surface area contributed by atoms with Crippen LogP contribution in [-0.4, -0.2) is 13.1 Å². The van der Waals surface area contributed by atoms with Gasteiger partial charge in [0.2, 0.25) is 0 Å². The molecule has 2 atom stereocenters. The largest absolute Gasteiger partial charge is 0.317 e. The zero-order valence-corrected chi connectivity index (χ0v) is 9.05. The van der Waals surface area contributed by atoms with Gasteiger partial charge < -0.3 is 5.32 Å². The fraction of sp³-hybridized carbons (Fsp3) is 0.500. The van der Waals surface area contributed by atoms with Crippen molar-refractivity contribution in [2.45, 2.75) is 32.2 Å². The molecule has 0 radical (unpaired) electrons. The van der Waals surface area contributed by atoms with Crippen LogP contribution in [0, 0.1) is 5.82 Å². The van der Waals surface area contributed by atoms with Crippen molar-refractivity contribution in [3.05, 3.63) is 35.6 Å². The molecule has 0 aliphatic carbocycles.